The highest BCUT2D eigenvalue weighted by Gasteiger charge is 2.12. The van der Waals surface area contributed by atoms with Crippen LogP contribution in [0.2, 0.25) is 0 Å². The number of hydrogen-bond acceptors (Lipinski definition) is 8. The van der Waals surface area contributed by atoms with Crippen LogP contribution in [0.25, 0.3) is 22.3 Å². The van der Waals surface area contributed by atoms with Gasteiger partial charge in [-0.2, -0.15) is 0 Å². The molecule has 0 spiro atoms. The summed E-state index contributed by atoms with van der Waals surface area (Å²) in [4.78, 5) is 4.78. The van der Waals surface area contributed by atoms with Crippen molar-refractivity contribution in [2.24, 2.45) is 4.99 Å². The molecular formula is C23H23N3O4S. The summed E-state index contributed by atoms with van der Waals surface area (Å²) in [5, 5.41) is 11.6. The van der Waals surface area contributed by atoms with E-state index in [1.807, 2.05) is 42.5 Å². The first-order chi connectivity index (χ1) is 15.1. The highest BCUT2D eigenvalue weighted by atomic mass is 32.1. The van der Waals surface area contributed by atoms with E-state index in [0.29, 0.717) is 28.0 Å². The molecule has 4 aromatic rings. The van der Waals surface area contributed by atoms with E-state index in [4.69, 9.17) is 23.6 Å². The second-order valence-corrected chi connectivity index (χ2v) is 7.81. The smallest absolute Gasteiger partial charge is 0.232 e. The van der Waals surface area contributed by atoms with Crippen molar-refractivity contribution in [2.75, 3.05) is 21.3 Å². The maximum atomic E-state index is 6.20. The molecule has 8 heteroatoms. The van der Waals surface area contributed by atoms with E-state index in [9.17, 15) is 0 Å². The number of benzene rings is 2. The van der Waals surface area contributed by atoms with E-state index in [0.717, 1.165) is 39.9 Å². The molecule has 4 rings (SSSR count). The Kier molecular flexibility index (Phi) is 6.18. The summed E-state index contributed by atoms with van der Waals surface area (Å²) >= 11 is 1.50. The quantitative estimate of drug-likeness (QED) is 0.397. The van der Waals surface area contributed by atoms with Crippen LogP contribution < -0.4 is 19.6 Å². The van der Waals surface area contributed by atoms with Crippen LogP contribution in [0.5, 0.6) is 17.2 Å². The molecular weight excluding hydrogens is 414 g/mol. The van der Waals surface area contributed by atoms with Crippen LogP contribution in [-0.4, -0.2) is 31.5 Å². The predicted molar refractivity (Wildman–Crippen MR) is 120 cm³/mol. The lowest BCUT2D eigenvalue weighted by Gasteiger charge is -2.10. The Balaban J connectivity index is 1.91. The van der Waals surface area contributed by atoms with E-state index in [1.54, 1.807) is 21.3 Å². The van der Waals surface area contributed by atoms with Crippen molar-refractivity contribution in [1.29, 1.82) is 0 Å². The first-order valence-corrected chi connectivity index (χ1v) is 10.7. The van der Waals surface area contributed by atoms with Gasteiger partial charge < -0.3 is 18.6 Å². The molecule has 0 fully saturated rings. The van der Waals surface area contributed by atoms with Crippen molar-refractivity contribution in [2.45, 2.75) is 19.8 Å². The van der Waals surface area contributed by atoms with Gasteiger partial charge in [-0.05, 0) is 42.8 Å². The van der Waals surface area contributed by atoms with Crippen LogP contribution in [0.4, 0.5) is 5.13 Å². The molecule has 0 amide bonds. The number of ether oxygens (including phenoxy) is 3. The first-order valence-electron chi connectivity index (χ1n) is 9.86. The van der Waals surface area contributed by atoms with E-state index in [2.05, 4.69) is 17.1 Å². The van der Waals surface area contributed by atoms with Gasteiger partial charge >= 0.3 is 0 Å². The van der Waals surface area contributed by atoms with Crippen LogP contribution in [0, 0.1) is 0 Å². The zero-order chi connectivity index (χ0) is 21.8. The Hall–Kier alpha value is -3.39. The summed E-state index contributed by atoms with van der Waals surface area (Å²) in [6.45, 7) is 2.12. The van der Waals surface area contributed by atoms with E-state index in [-0.39, 0.29) is 0 Å². The van der Waals surface area contributed by atoms with Crippen LogP contribution in [-0.2, 0) is 6.42 Å². The van der Waals surface area contributed by atoms with Crippen molar-refractivity contribution >= 4 is 27.4 Å². The Morgan fingerprint density at radius 1 is 0.935 bits per heavy atom. The minimum absolute atomic E-state index is 0.608. The Morgan fingerprint density at radius 2 is 1.77 bits per heavy atom. The molecule has 0 radical (unpaired) electrons. The second-order valence-electron chi connectivity index (χ2n) is 6.77. The summed E-state index contributed by atoms with van der Waals surface area (Å²) in [5.74, 6) is 2.65. The third-order valence-electron chi connectivity index (χ3n) is 4.75. The molecule has 0 unspecified atom stereocenters. The van der Waals surface area contributed by atoms with Gasteiger partial charge in [-0.3, -0.25) is 0 Å². The van der Waals surface area contributed by atoms with Gasteiger partial charge in [-0.25, -0.2) is 4.99 Å². The minimum Gasteiger partial charge on any atom is -0.497 e. The van der Waals surface area contributed by atoms with Gasteiger partial charge in [0, 0.05) is 23.4 Å². The largest absolute Gasteiger partial charge is 0.497 e. The van der Waals surface area contributed by atoms with Crippen molar-refractivity contribution in [3.8, 4) is 28.6 Å². The van der Waals surface area contributed by atoms with E-state index in [1.165, 1.54) is 11.3 Å². The van der Waals surface area contributed by atoms with Crippen molar-refractivity contribution < 1.29 is 18.6 Å². The third kappa shape index (κ3) is 4.39. The number of aromatic nitrogens is 2. The lowest BCUT2D eigenvalue weighted by Crippen LogP contribution is -2.03. The van der Waals surface area contributed by atoms with E-state index < -0.39 is 0 Å². The van der Waals surface area contributed by atoms with Crippen molar-refractivity contribution in [3.63, 3.8) is 0 Å². The first kappa shape index (κ1) is 20.9. The maximum Gasteiger partial charge on any atom is 0.232 e. The van der Waals surface area contributed by atoms with Crippen molar-refractivity contribution in [1.82, 2.24) is 10.2 Å². The number of methoxy groups -OCH3 is 3. The second kappa shape index (κ2) is 9.18. The fraction of sp³-hybridized carbons (Fsp3) is 0.261. The van der Waals surface area contributed by atoms with Gasteiger partial charge in [0.2, 0.25) is 5.13 Å². The molecule has 0 bridgehead atoms. The fourth-order valence-corrected chi connectivity index (χ4v) is 4.03. The standard InChI is InChI=1S/C23H23N3O4S/c1-5-6-22-25-26-23(31-22)24-17-13-20(14-7-9-19(28-3)21(11-14)29-4)30-18-10-8-15(27-2)12-16(17)18/h7-13H,5-6H2,1-4H3. The minimum atomic E-state index is 0.608. The molecule has 160 valence electrons. The molecule has 0 saturated heterocycles. The number of hydrogen-bond donors (Lipinski definition) is 0. The van der Waals surface area contributed by atoms with Crippen LogP contribution in [0.15, 0.2) is 51.9 Å². The van der Waals surface area contributed by atoms with Crippen molar-refractivity contribution in [3.05, 3.63) is 52.8 Å². The molecule has 0 N–H and O–H groups in total. The third-order valence-corrected chi connectivity index (χ3v) is 5.63. The maximum absolute atomic E-state index is 6.20. The van der Waals surface area contributed by atoms with Crippen LogP contribution >= 0.6 is 11.3 Å². The Labute approximate surface area is 184 Å². The summed E-state index contributed by atoms with van der Waals surface area (Å²) in [5.41, 5.74) is 1.53. The summed E-state index contributed by atoms with van der Waals surface area (Å²) in [6.07, 6.45) is 1.91. The molecule has 31 heavy (non-hydrogen) atoms. The number of aryl methyl sites for hydroxylation is 1. The molecule has 7 nitrogen and oxygen atoms in total. The fourth-order valence-electron chi connectivity index (χ4n) is 3.21. The molecule has 0 atom stereocenters. The summed E-state index contributed by atoms with van der Waals surface area (Å²) in [6, 6.07) is 13.2. The summed E-state index contributed by atoms with van der Waals surface area (Å²) < 4.78 is 22.4. The average molecular weight is 438 g/mol. The topological polar surface area (TPSA) is 79.0 Å². The monoisotopic (exact) mass is 437 g/mol. The lowest BCUT2D eigenvalue weighted by molar-refractivity contribution is 0.355. The van der Waals surface area contributed by atoms with Gasteiger partial charge in [0.25, 0.3) is 0 Å². The highest BCUT2D eigenvalue weighted by Crippen LogP contribution is 2.33. The molecule has 2 aromatic carbocycles. The molecule has 2 heterocycles. The summed E-state index contributed by atoms with van der Waals surface area (Å²) in [7, 11) is 4.85. The normalized spacial score (nSPS) is 11.7. The van der Waals surface area contributed by atoms with Gasteiger partial charge in [0.15, 0.2) is 11.5 Å². The molecule has 0 saturated carbocycles. The Morgan fingerprint density at radius 3 is 2.52 bits per heavy atom. The van der Waals surface area contributed by atoms with Gasteiger partial charge in [-0.1, -0.05) is 18.3 Å². The van der Waals surface area contributed by atoms with Crippen LogP contribution in [0.1, 0.15) is 18.4 Å². The molecule has 0 aliphatic carbocycles. The van der Waals surface area contributed by atoms with Gasteiger partial charge in [-0.15, -0.1) is 10.2 Å². The van der Waals surface area contributed by atoms with E-state index >= 15 is 0 Å². The van der Waals surface area contributed by atoms with Gasteiger partial charge in [0.1, 0.15) is 22.1 Å². The van der Waals surface area contributed by atoms with Crippen LogP contribution in [0.3, 0.4) is 0 Å². The zero-order valence-electron chi connectivity index (χ0n) is 17.8. The highest BCUT2D eigenvalue weighted by molar-refractivity contribution is 7.14. The number of nitrogens with zero attached hydrogens (tertiary/aromatic N) is 3. The Bertz CT molecular complexity index is 1280. The molecule has 2 aromatic heterocycles. The predicted octanol–water partition coefficient (Wildman–Crippen LogP) is 5.16. The lowest BCUT2D eigenvalue weighted by atomic mass is 10.1. The molecule has 0 aliphatic heterocycles. The average Bonchev–Trinajstić information content (AvgIpc) is 3.25. The zero-order valence-corrected chi connectivity index (χ0v) is 18.7. The number of rotatable bonds is 7. The molecule has 0 aliphatic rings. The number of fused-ring (bicyclic) bond motifs is 1. The SMILES string of the molecule is CCCc1nnc(N=c2cc(-c3ccc(OC)c(OC)c3)oc3ccc(OC)cc23)s1. The van der Waals surface area contributed by atoms with Gasteiger partial charge in [0.05, 0.1) is 26.7 Å².